The second-order valence-corrected chi connectivity index (χ2v) is 6.39. The van der Waals surface area contributed by atoms with E-state index in [1.165, 1.54) is 51.4 Å². The van der Waals surface area contributed by atoms with E-state index in [0.29, 0.717) is 0 Å². The highest BCUT2D eigenvalue weighted by Gasteiger charge is 2.11. The van der Waals surface area contributed by atoms with Gasteiger partial charge in [-0.25, -0.2) is 4.79 Å². The van der Waals surface area contributed by atoms with Gasteiger partial charge in [-0.05, 0) is 38.5 Å². The standard InChI is InChI=1S/C19H35ClO2/c1-3-5-7-9-11-13-15-17-18(22-19(20)21)16-14-12-10-8-6-4-2/h11,13,18H,3-10,12,14-17H2,1-2H3. The Hall–Kier alpha value is -0.500. The molecule has 0 fully saturated rings. The number of hydrogen-bond donors (Lipinski definition) is 0. The Morgan fingerprint density at radius 2 is 1.45 bits per heavy atom. The normalized spacial score (nSPS) is 12.7. The molecule has 0 aromatic rings. The first-order valence-corrected chi connectivity index (χ1v) is 9.59. The third-order valence-electron chi connectivity index (χ3n) is 3.94. The first kappa shape index (κ1) is 21.5. The van der Waals surface area contributed by atoms with Gasteiger partial charge in [-0.1, -0.05) is 70.9 Å². The quantitative estimate of drug-likeness (QED) is 0.177. The molecule has 0 rings (SSSR count). The van der Waals surface area contributed by atoms with Crippen LogP contribution >= 0.6 is 11.6 Å². The van der Waals surface area contributed by atoms with Gasteiger partial charge in [-0.2, -0.15) is 0 Å². The summed E-state index contributed by atoms with van der Waals surface area (Å²) in [7, 11) is 0. The van der Waals surface area contributed by atoms with E-state index < -0.39 is 5.43 Å². The van der Waals surface area contributed by atoms with Crippen LogP contribution in [0.5, 0.6) is 0 Å². The second-order valence-electron chi connectivity index (χ2n) is 6.08. The van der Waals surface area contributed by atoms with Gasteiger partial charge in [0.05, 0.1) is 0 Å². The molecule has 0 bridgehead atoms. The van der Waals surface area contributed by atoms with Crippen LogP contribution < -0.4 is 0 Å². The SMILES string of the molecule is CCCCCC=CCCC(CCCCCCCC)OC(=O)Cl. The molecule has 0 spiro atoms. The molecule has 0 heterocycles. The van der Waals surface area contributed by atoms with Crippen molar-refractivity contribution < 1.29 is 9.53 Å². The Balaban J connectivity index is 3.75. The monoisotopic (exact) mass is 330 g/mol. The van der Waals surface area contributed by atoms with Crippen molar-refractivity contribution in [3.63, 3.8) is 0 Å². The van der Waals surface area contributed by atoms with Gasteiger partial charge in [-0.3, -0.25) is 0 Å². The molecule has 1 unspecified atom stereocenters. The van der Waals surface area contributed by atoms with E-state index in [1.807, 2.05) is 0 Å². The fourth-order valence-corrected chi connectivity index (χ4v) is 2.70. The minimum absolute atomic E-state index is 0.0172. The molecular formula is C19H35ClO2. The summed E-state index contributed by atoms with van der Waals surface area (Å²) in [5.74, 6) is 0. The average Bonchev–Trinajstić information content (AvgIpc) is 2.49. The first-order valence-electron chi connectivity index (χ1n) is 9.21. The fraction of sp³-hybridized carbons (Fsp3) is 0.842. The molecule has 130 valence electrons. The zero-order valence-corrected chi connectivity index (χ0v) is 15.4. The molecular weight excluding hydrogens is 296 g/mol. The predicted octanol–water partition coefficient (Wildman–Crippen LogP) is 7.40. The molecule has 0 aromatic heterocycles. The maximum atomic E-state index is 11.0. The maximum absolute atomic E-state index is 11.0. The van der Waals surface area contributed by atoms with Crippen molar-refractivity contribution in [2.24, 2.45) is 0 Å². The van der Waals surface area contributed by atoms with Gasteiger partial charge in [0, 0.05) is 11.6 Å². The maximum Gasteiger partial charge on any atom is 0.404 e. The molecule has 0 N–H and O–H groups in total. The van der Waals surface area contributed by atoms with Gasteiger partial charge in [-0.15, -0.1) is 0 Å². The van der Waals surface area contributed by atoms with E-state index >= 15 is 0 Å². The lowest BCUT2D eigenvalue weighted by atomic mass is 10.0. The summed E-state index contributed by atoms with van der Waals surface area (Å²) in [6.45, 7) is 4.45. The van der Waals surface area contributed by atoms with Crippen LogP contribution in [0.3, 0.4) is 0 Å². The lowest BCUT2D eigenvalue weighted by molar-refractivity contribution is 0.108. The topological polar surface area (TPSA) is 26.3 Å². The molecule has 0 aliphatic carbocycles. The molecule has 0 saturated carbocycles. The molecule has 3 heteroatoms. The van der Waals surface area contributed by atoms with Crippen molar-refractivity contribution in [2.75, 3.05) is 0 Å². The van der Waals surface area contributed by atoms with E-state index in [0.717, 1.165) is 32.1 Å². The number of carbonyl (C=O) groups excluding carboxylic acids is 1. The van der Waals surface area contributed by atoms with Crippen molar-refractivity contribution in [3.8, 4) is 0 Å². The zero-order chi connectivity index (χ0) is 16.5. The smallest absolute Gasteiger partial charge is 0.404 e. The van der Waals surface area contributed by atoms with Crippen molar-refractivity contribution >= 4 is 17.0 Å². The number of hydrogen-bond acceptors (Lipinski definition) is 2. The van der Waals surface area contributed by atoms with Crippen LogP contribution in [0.25, 0.3) is 0 Å². The summed E-state index contributed by atoms with van der Waals surface area (Å²) in [6.07, 6.45) is 19.8. The van der Waals surface area contributed by atoms with Crippen LogP contribution in [0.1, 0.15) is 97.3 Å². The summed E-state index contributed by atoms with van der Waals surface area (Å²) in [5, 5.41) is 0. The Labute approximate surface area is 142 Å². The predicted molar refractivity (Wildman–Crippen MR) is 96.6 cm³/mol. The molecule has 0 saturated heterocycles. The lowest BCUT2D eigenvalue weighted by Gasteiger charge is -2.15. The van der Waals surface area contributed by atoms with E-state index in [2.05, 4.69) is 26.0 Å². The van der Waals surface area contributed by atoms with Crippen LogP contribution in [0.4, 0.5) is 4.79 Å². The summed E-state index contributed by atoms with van der Waals surface area (Å²) in [4.78, 5) is 11.0. The molecule has 2 nitrogen and oxygen atoms in total. The zero-order valence-electron chi connectivity index (χ0n) is 14.6. The summed E-state index contributed by atoms with van der Waals surface area (Å²) < 4.78 is 5.22. The van der Waals surface area contributed by atoms with E-state index in [9.17, 15) is 4.79 Å². The van der Waals surface area contributed by atoms with Crippen LogP contribution in [-0.2, 0) is 4.74 Å². The molecule has 0 aliphatic heterocycles. The minimum Gasteiger partial charge on any atom is -0.450 e. The number of allylic oxidation sites excluding steroid dienone is 2. The molecule has 0 aromatic carbocycles. The van der Waals surface area contributed by atoms with Crippen molar-refractivity contribution in [1.29, 1.82) is 0 Å². The van der Waals surface area contributed by atoms with Crippen molar-refractivity contribution in [1.82, 2.24) is 0 Å². The Bertz CT molecular complexity index is 277. The van der Waals surface area contributed by atoms with Gasteiger partial charge in [0.1, 0.15) is 6.10 Å². The van der Waals surface area contributed by atoms with Crippen molar-refractivity contribution in [2.45, 2.75) is 103 Å². The molecule has 0 aliphatic rings. The van der Waals surface area contributed by atoms with Gasteiger partial charge < -0.3 is 4.74 Å². The van der Waals surface area contributed by atoms with Crippen LogP contribution in [-0.4, -0.2) is 11.5 Å². The highest BCUT2D eigenvalue weighted by molar-refractivity contribution is 6.61. The van der Waals surface area contributed by atoms with Gasteiger partial charge in [0.15, 0.2) is 0 Å². The second kappa shape index (κ2) is 16.9. The minimum atomic E-state index is -0.664. The lowest BCUT2D eigenvalue weighted by Crippen LogP contribution is -2.14. The molecule has 1 atom stereocenters. The number of halogens is 1. The van der Waals surface area contributed by atoms with Crippen LogP contribution in [0, 0.1) is 0 Å². The third kappa shape index (κ3) is 15.9. The van der Waals surface area contributed by atoms with Gasteiger partial charge >= 0.3 is 5.43 Å². The van der Waals surface area contributed by atoms with Crippen molar-refractivity contribution in [3.05, 3.63) is 12.2 Å². The van der Waals surface area contributed by atoms with E-state index in [-0.39, 0.29) is 6.10 Å². The van der Waals surface area contributed by atoms with Crippen LogP contribution in [0.2, 0.25) is 0 Å². The summed E-state index contributed by atoms with van der Waals surface area (Å²) >= 11 is 5.37. The summed E-state index contributed by atoms with van der Waals surface area (Å²) in [6, 6.07) is 0. The molecule has 22 heavy (non-hydrogen) atoms. The van der Waals surface area contributed by atoms with Gasteiger partial charge in [0.2, 0.25) is 0 Å². The largest absolute Gasteiger partial charge is 0.450 e. The number of ether oxygens (including phenoxy) is 1. The van der Waals surface area contributed by atoms with E-state index in [4.69, 9.17) is 16.3 Å². The highest BCUT2D eigenvalue weighted by atomic mass is 35.5. The molecule has 0 amide bonds. The number of carbonyl (C=O) groups is 1. The van der Waals surface area contributed by atoms with E-state index in [1.54, 1.807) is 0 Å². The Morgan fingerprint density at radius 1 is 0.864 bits per heavy atom. The third-order valence-corrected chi connectivity index (χ3v) is 4.02. The average molecular weight is 331 g/mol. The van der Waals surface area contributed by atoms with Crippen LogP contribution in [0.15, 0.2) is 12.2 Å². The van der Waals surface area contributed by atoms with Gasteiger partial charge in [0.25, 0.3) is 0 Å². The number of unbranched alkanes of at least 4 members (excludes halogenated alkanes) is 8. The summed E-state index contributed by atoms with van der Waals surface area (Å²) in [5.41, 5.74) is -0.664. The Kier molecular flexibility index (Phi) is 16.5. The molecule has 0 radical (unpaired) electrons. The highest BCUT2D eigenvalue weighted by Crippen LogP contribution is 2.16. The first-order chi connectivity index (χ1) is 10.7. The Morgan fingerprint density at radius 3 is 2.14 bits per heavy atom. The fourth-order valence-electron chi connectivity index (χ4n) is 2.58. The number of rotatable bonds is 15.